The number of halogens is 1. The molecule has 0 aromatic heterocycles. The summed E-state index contributed by atoms with van der Waals surface area (Å²) < 4.78 is 9.95. The van der Waals surface area contributed by atoms with Crippen LogP contribution in [0.3, 0.4) is 0 Å². The molecule has 0 atom stereocenters. The average Bonchev–Trinajstić information content (AvgIpc) is 2.52. The van der Waals surface area contributed by atoms with Crippen LogP contribution in [0.25, 0.3) is 0 Å². The Hall–Kier alpha value is -2.54. The molecule has 136 valence electrons. The van der Waals surface area contributed by atoms with Gasteiger partial charge in [-0.2, -0.15) is 0 Å². The highest BCUT2D eigenvalue weighted by Gasteiger charge is 2.16. The van der Waals surface area contributed by atoms with Gasteiger partial charge in [0.05, 0.1) is 19.3 Å². The Bertz CT molecular complexity index is 684. The molecule has 1 aromatic rings. The number of carbonyl (C=O) groups excluding carboxylic acids is 3. The number of carbonyl (C=O) groups is 3. The van der Waals surface area contributed by atoms with Gasteiger partial charge in [0, 0.05) is 18.1 Å². The number of nitrogens with one attached hydrogen (secondary N) is 1. The molecule has 0 bridgehead atoms. The van der Waals surface area contributed by atoms with Crippen LogP contribution in [0.5, 0.6) is 5.75 Å². The lowest BCUT2D eigenvalue weighted by molar-refractivity contribution is -0.148. The second-order valence-corrected chi connectivity index (χ2v) is 5.91. The number of allylic oxidation sites excluding steroid dienone is 1. The van der Waals surface area contributed by atoms with Crippen molar-refractivity contribution in [2.24, 2.45) is 0 Å². The molecule has 0 fully saturated rings. The number of likely N-dealkylation sites (N-methyl/N-ethyl adjacent to an activating group) is 1. The van der Waals surface area contributed by atoms with Gasteiger partial charge in [-0.3, -0.25) is 9.59 Å². The number of methoxy groups -OCH3 is 1. The molecule has 0 spiro atoms. The molecule has 0 aliphatic heterocycles. The topological polar surface area (TPSA) is 84.9 Å². The third-order valence-electron chi connectivity index (χ3n) is 2.99. The third-order valence-corrected chi connectivity index (χ3v) is 3.22. The van der Waals surface area contributed by atoms with Gasteiger partial charge in [-0.1, -0.05) is 17.2 Å². The first-order valence-electron chi connectivity index (χ1n) is 7.42. The van der Waals surface area contributed by atoms with E-state index in [1.165, 1.54) is 20.2 Å². The summed E-state index contributed by atoms with van der Waals surface area (Å²) in [6.45, 7) is 2.83. The van der Waals surface area contributed by atoms with Gasteiger partial charge in [-0.05, 0) is 32.0 Å². The first-order chi connectivity index (χ1) is 11.7. The molecule has 0 saturated carbocycles. The summed E-state index contributed by atoms with van der Waals surface area (Å²) in [6, 6.07) is 4.79. The minimum absolute atomic E-state index is 0.214. The second kappa shape index (κ2) is 9.68. The van der Waals surface area contributed by atoms with E-state index in [0.717, 1.165) is 10.5 Å². The van der Waals surface area contributed by atoms with Gasteiger partial charge in [-0.25, -0.2) is 4.79 Å². The van der Waals surface area contributed by atoms with Crippen LogP contribution in [-0.2, 0) is 19.1 Å². The van der Waals surface area contributed by atoms with Crippen LogP contribution < -0.4 is 10.1 Å². The van der Waals surface area contributed by atoms with E-state index in [4.69, 9.17) is 21.1 Å². The number of rotatable bonds is 7. The number of benzene rings is 1. The predicted octanol–water partition coefficient (Wildman–Crippen LogP) is 2.25. The molecule has 0 aliphatic rings. The third kappa shape index (κ3) is 7.26. The summed E-state index contributed by atoms with van der Waals surface area (Å²) in [5, 5.41) is 3.06. The largest absolute Gasteiger partial charge is 0.495 e. The number of nitrogens with zero attached hydrogens (tertiary/aromatic N) is 1. The lowest BCUT2D eigenvalue weighted by atomic mass is 10.3. The van der Waals surface area contributed by atoms with Gasteiger partial charge in [0.2, 0.25) is 5.91 Å². The van der Waals surface area contributed by atoms with Gasteiger partial charge in [-0.15, -0.1) is 0 Å². The summed E-state index contributed by atoms with van der Waals surface area (Å²) in [5.41, 5.74) is 1.16. The van der Waals surface area contributed by atoms with Crippen LogP contribution in [0.15, 0.2) is 29.8 Å². The van der Waals surface area contributed by atoms with Crippen molar-refractivity contribution in [1.29, 1.82) is 0 Å². The Morgan fingerprint density at radius 2 is 1.96 bits per heavy atom. The zero-order valence-corrected chi connectivity index (χ0v) is 15.3. The highest BCUT2D eigenvalue weighted by atomic mass is 35.5. The van der Waals surface area contributed by atoms with Gasteiger partial charge < -0.3 is 19.7 Å². The maximum atomic E-state index is 12.1. The van der Waals surface area contributed by atoms with Crippen LogP contribution >= 0.6 is 11.6 Å². The van der Waals surface area contributed by atoms with Gasteiger partial charge in [0.15, 0.2) is 6.61 Å². The summed E-state index contributed by atoms with van der Waals surface area (Å²) in [5.74, 6) is -1.09. The monoisotopic (exact) mass is 368 g/mol. The molecular formula is C17H21ClN2O5. The first-order valence-corrected chi connectivity index (χ1v) is 7.79. The molecule has 0 saturated heterocycles. The molecule has 1 aromatic carbocycles. The van der Waals surface area contributed by atoms with E-state index < -0.39 is 24.4 Å². The number of ether oxygens (including phenoxy) is 2. The van der Waals surface area contributed by atoms with Crippen molar-refractivity contribution in [3.8, 4) is 5.75 Å². The lowest BCUT2D eigenvalue weighted by Crippen LogP contribution is -2.37. The molecule has 1 N–H and O–H groups in total. The summed E-state index contributed by atoms with van der Waals surface area (Å²) in [4.78, 5) is 36.5. The fourth-order valence-electron chi connectivity index (χ4n) is 1.79. The number of anilines is 1. The maximum absolute atomic E-state index is 12.1. The lowest BCUT2D eigenvalue weighted by Gasteiger charge is -2.17. The predicted molar refractivity (Wildman–Crippen MR) is 94.7 cm³/mol. The zero-order valence-electron chi connectivity index (χ0n) is 14.6. The van der Waals surface area contributed by atoms with Crippen molar-refractivity contribution in [1.82, 2.24) is 4.90 Å². The van der Waals surface area contributed by atoms with Crippen LogP contribution in [0, 0.1) is 0 Å². The first kappa shape index (κ1) is 20.5. The SMILES string of the molecule is COc1ccc(Cl)cc1NC(=O)CN(C)C(=O)COC(=O)C=C(C)C. The molecule has 0 radical (unpaired) electrons. The van der Waals surface area contributed by atoms with Gasteiger partial charge in [0.1, 0.15) is 5.75 Å². The van der Waals surface area contributed by atoms with Crippen LogP contribution in [-0.4, -0.2) is 50.0 Å². The number of esters is 1. The number of hydrogen-bond donors (Lipinski definition) is 1. The van der Waals surface area contributed by atoms with E-state index in [1.807, 2.05) is 0 Å². The second-order valence-electron chi connectivity index (χ2n) is 5.47. The molecule has 1 rings (SSSR count). The highest BCUT2D eigenvalue weighted by molar-refractivity contribution is 6.31. The van der Waals surface area contributed by atoms with Gasteiger partial charge in [0.25, 0.3) is 5.91 Å². The number of amides is 2. The summed E-state index contributed by atoms with van der Waals surface area (Å²) in [6.07, 6.45) is 1.28. The molecule has 7 nitrogen and oxygen atoms in total. The average molecular weight is 369 g/mol. The normalized spacial score (nSPS) is 9.80. The molecule has 8 heteroatoms. The standard InChI is InChI=1S/C17H21ClN2O5/c1-11(2)7-17(23)25-10-16(22)20(3)9-15(21)19-13-8-12(18)5-6-14(13)24-4/h5-8H,9-10H2,1-4H3,(H,19,21). The van der Waals surface area contributed by atoms with Crippen molar-refractivity contribution in [3.63, 3.8) is 0 Å². The summed E-state index contributed by atoms with van der Waals surface area (Å²) >= 11 is 5.90. The van der Waals surface area contributed by atoms with E-state index in [9.17, 15) is 14.4 Å². The van der Waals surface area contributed by atoms with Crippen LogP contribution in [0.1, 0.15) is 13.8 Å². The van der Waals surface area contributed by atoms with E-state index >= 15 is 0 Å². The maximum Gasteiger partial charge on any atom is 0.331 e. The molecular weight excluding hydrogens is 348 g/mol. The summed E-state index contributed by atoms with van der Waals surface area (Å²) in [7, 11) is 2.90. The smallest absolute Gasteiger partial charge is 0.331 e. The van der Waals surface area contributed by atoms with Crippen molar-refractivity contribution < 1.29 is 23.9 Å². The minimum Gasteiger partial charge on any atom is -0.495 e. The Balaban J connectivity index is 2.56. The van der Waals surface area contributed by atoms with Crippen molar-refractivity contribution >= 4 is 35.1 Å². The fraction of sp³-hybridized carbons (Fsp3) is 0.353. The van der Waals surface area contributed by atoms with E-state index in [2.05, 4.69) is 5.32 Å². The van der Waals surface area contributed by atoms with Crippen LogP contribution in [0.2, 0.25) is 5.02 Å². The number of hydrogen-bond acceptors (Lipinski definition) is 5. The fourth-order valence-corrected chi connectivity index (χ4v) is 1.96. The van der Waals surface area contributed by atoms with Crippen molar-refractivity contribution in [3.05, 3.63) is 34.9 Å². The Labute approximate surface area is 151 Å². The van der Waals surface area contributed by atoms with Crippen molar-refractivity contribution in [2.45, 2.75) is 13.8 Å². The quantitative estimate of drug-likeness (QED) is 0.589. The van der Waals surface area contributed by atoms with E-state index in [0.29, 0.717) is 16.5 Å². The Morgan fingerprint density at radius 3 is 2.56 bits per heavy atom. The molecule has 0 unspecified atom stereocenters. The van der Waals surface area contributed by atoms with E-state index in [-0.39, 0.29) is 6.54 Å². The molecule has 25 heavy (non-hydrogen) atoms. The minimum atomic E-state index is -0.602. The van der Waals surface area contributed by atoms with Crippen LogP contribution in [0.4, 0.5) is 5.69 Å². The Morgan fingerprint density at radius 1 is 1.28 bits per heavy atom. The molecule has 2 amide bonds. The van der Waals surface area contributed by atoms with E-state index in [1.54, 1.807) is 32.0 Å². The molecule has 0 heterocycles. The Kier molecular flexibility index (Phi) is 7.94. The van der Waals surface area contributed by atoms with Gasteiger partial charge >= 0.3 is 5.97 Å². The molecule has 0 aliphatic carbocycles. The highest BCUT2D eigenvalue weighted by Crippen LogP contribution is 2.27. The zero-order chi connectivity index (χ0) is 19.0. The van der Waals surface area contributed by atoms with Crippen molar-refractivity contribution in [2.75, 3.05) is 32.6 Å².